The van der Waals surface area contributed by atoms with E-state index in [2.05, 4.69) is 22.2 Å². The van der Waals surface area contributed by atoms with Crippen LogP contribution in [0.3, 0.4) is 0 Å². The molecule has 0 bridgehead atoms. The predicted molar refractivity (Wildman–Crippen MR) is 143 cm³/mol. The summed E-state index contributed by atoms with van der Waals surface area (Å²) in [6.07, 6.45) is 6.35. The molecule has 1 aliphatic carbocycles. The standard InChI is InChI=1S/C28H28N4O4S/c1-3-11-36-20-8-10-29-24(15-20)32-25-13-17(2)12-22(31-25)23-16-30-27(37-23)28(35)9-4-5-18-14-19(26(33)34)6-7-21(18)28/h6-8,10,12-16,35H,3-5,9,11H2,1-2H3,(H,33,34)(H,29,31,32)/t28-/m0/s1. The molecule has 1 aromatic carbocycles. The summed E-state index contributed by atoms with van der Waals surface area (Å²) in [6.45, 7) is 4.70. The number of aromatic nitrogens is 3. The quantitative estimate of drug-likeness (QED) is 0.273. The number of carboxylic acids is 1. The van der Waals surface area contributed by atoms with Crippen molar-refractivity contribution >= 4 is 28.9 Å². The molecule has 3 aromatic heterocycles. The molecular weight excluding hydrogens is 488 g/mol. The zero-order valence-corrected chi connectivity index (χ0v) is 21.5. The normalized spacial score (nSPS) is 16.7. The van der Waals surface area contributed by atoms with Crippen molar-refractivity contribution in [2.24, 2.45) is 0 Å². The van der Waals surface area contributed by atoms with E-state index in [-0.39, 0.29) is 5.56 Å². The van der Waals surface area contributed by atoms with E-state index in [0.717, 1.165) is 52.3 Å². The molecule has 5 rings (SSSR count). The van der Waals surface area contributed by atoms with Gasteiger partial charge in [0.1, 0.15) is 28.0 Å². The van der Waals surface area contributed by atoms with Crippen molar-refractivity contribution in [1.82, 2.24) is 15.0 Å². The van der Waals surface area contributed by atoms with E-state index in [4.69, 9.17) is 9.72 Å². The van der Waals surface area contributed by atoms with E-state index in [1.54, 1.807) is 30.6 Å². The number of nitrogens with one attached hydrogen (secondary N) is 1. The maximum atomic E-state index is 11.7. The van der Waals surface area contributed by atoms with Gasteiger partial charge in [-0.15, -0.1) is 11.3 Å². The predicted octanol–water partition coefficient (Wildman–Crippen LogP) is 5.71. The smallest absolute Gasteiger partial charge is 0.335 e. The van der Waals surface area contributed by atoms with Gasteiger partial charge in [0, 0.05) is 18.5 Å². The van der Waals surface area contributed by atoms with E-state index in [1.807, 2.05) is 31.2 Å². The minimum atomic E-state index is -1.26. The molecule has 0 saturated heterocycles. The van der Waals surface area contributed by atoms with Crippen LogP contribution in [0, 0.1) is 6.92 Å². The Kier molecular flexibility index (Phi) is 6.90. The number of rotatable bonds is 8. The summed E-state index contributed by atoms with van der Waals surface area (Å²) in [5.41, 5.74) is 2.29. The van der Waals surface area contributed by atoms with Crippen LogP contribution < -0.4 is 10.1 Å². The first-order valence-corrected chi connectivity index (χ1v) is 13.1. The number of carboxylic acid groups (broad SMARTS) is 1. The minimum Gasteiger partial charge on any atom is -0.493 e. The fourth-order valence-electron chi connectivity index (χ4n) is 4.59. The van der Waals surface area contributed by atoms with Crippen molar-refractivity contribution in [3.63, 3.8) is 0 Å². The molecule has 0 radical (unpaired) electrons. The largest absolute Gasteiger partial charge is 0.493 e. The number of carbonyl (C=O) groups is 1. The number of pyridine rings is 2. The average molecular weight is 517 g/mol. The lowest BCUT2D eigenvalue weighted by atomic mass is 9.79. The van der Waals surface area contributed by atoms with Gasteiger partial charge in [-0.1, -0.05) is 13.0 Å². The fourth-order valence-corrected chi connectivity index (χ4v) is 5.60. The van der Waals surface area contributed by atoms with Gasteiger partial charge in [-0.3, -0.25) is 0 Å². The number of anilines is 2. The summed E-state index contributed by atoms with van der Waals surface area (Å²) in [4.78, 5) is 26.0. The lowest BCUT2D eigenvalue weighted by Gasteiger charge is -2.33. The number of fused-ring (bicyclic) bond motifs is 1. The van der Waals surface area contributed by atoms with Crippen molar-refractivity contribution in [3.05, 3.63) is 82.1 Å². The first-order chi connectivity index (χ1) is 17.9. The monoisotopic (exact) mass is 516 g/mol. The van der Waals surface area contributed by atoms with Crippen LogP contribution in [0.1, 0.15) is 58.2 Å². The molecule has 3 heterocycles. The van der Waals surface area contributed by atoms with Crippen LogP contribution in [0.2, 0.25) is 0 Å². The number of hydrogen-bond acceptors (Lipinski definition) is 8. The third-order valence-electron chi connectivity index (χ3n) is 6.32. The minimum absolute atomic E-state index is 0.226. The van der Waals surface area contributed by atoms with Crippen LogP contribution in [0.15, 0.2) is 54.9 Å². The summed E-state index contributed by atoms with van der Waals surface area (Å²) in [7, 11) is 0. The Balaban J connectivity index is 1.43. The fraction of sp³-hybridized carbons (Fsp3) is 0.286. The van der Waals surface area contributed by atoms with Gasteiger partial charge in [0.05, 0.1) is 22.7 Å². The van der Waals surface area contributed by atoms with E-state index in [9.17, 15) is 15.0 Å². The summed E-state index contributed by atoms with van der Waals surface area (Å²) >= 11 is 1.40. The lowest BCUT2D eigenvalue weighted by Crippen LogP contribution is -2.32. The van der Waals surface area contributed by atoms with Crippen molar-refractivity contribution in [2.75, 3.05) is 11.9 Å². The number of benzene rings is 1. The third kappa shape index (κ3) is 5.19. The number of thiazole rings is 1. The van der Waals surface area contributed by atoms with E-state index >= 15 is 0 Å². The van der Waals surface area contributed by atoms with Gasteiger partial charge in [-0.25, -0.2) is 19.7 Å². The number of hydrogen-bond donors (Lipinski definition) is 3. The zero-order chi connectivity index (χ0) is 26.0. The Labute approximate surface area is 219 Å². The number of aliphatic hydroxyl groups is 1. The van der Waals surface area contributed by atoms with Crippen LogP contribution >= 0.6 is 11.3 Å². The van der Waals surface area contributed by atoms with Crippen molar-refractivity contribution < 1.29 is 19.7 Å². The highest BCUT2D eigenvalue weighted by atomic mass is 32.1. The lowest BCUT2D eigenvalue weighted by molar-refractivity contribution is 0.0607. The Morgan fingerprint density at radius 3 is 2.84 bits per heavy atom. The second-order valence-electron chi connectivity index (χ2n) is 9.19. The highest BCUT2D eigenvalue weighted by Gasteiger charge is 2.39. The molecule has 37 heavy (non-hydrogen) atoms. The van der Waals surface area contributed by atoms with Gasteiger partial charge < -0.3 is 20.3 Å². The number of ether oxygens (including phenoxy) is 1. The van der Waals surface area contributed by atoms with E-state index in [1.165, 1.54) is 11.3 Å². The number of aryl methyl sites for hydroxylation is 2. The van der Waals surface area contributed by atoms with Gasteiger partial charge in [0.25, 0.3) is 0 Å². The van der Waals surface area contributed by atoms with Crippen molar-refractivity contribution in [1.29, 1.82) is 0 Å². The van der Waals surface area contributed by atoms with Gasteiger partial charge in [-0.05, 0) is 79.6 Å². The maximum absolute atomic E-state index is 11.7. The molecule has 0 aliphatic heterocycles. The molecule has 1 atom stereocenters. The highest BCUT2D eigenvalue weighted by Crippen LogP contribution is 2.43. The molecule has 0 spiro atoms. The number of aromatic carboxylic acids is 1. The van der Waals surface area contributed by atoms with Gasteiger partial charge >= 0.3 is 5.97 Å². The second-order valence-corrected chi connectivity index (χ2v) is 10.2. The summed E-state index contributed by atoms with van der Waals surface area (Å²) < 4.78 is 5.70. The summed E-state index contributed by atoms with van der Waals surface area (Å²) in [6, 6.07) is 12.5. The molecule has 3 N–H and O–H groups in total. The summed E-state index contributed by atoms with van der Waals surface area (Å²) in [5.74, 6) is 1.05. The molecule has 0 amide bonds. The van der Waals surface area contributed by atoms with Gasteiger partial charge in [-0.2, -0.15) is 0 Å². The molecule has 9 heteroatoms. The Hall–Kier alpha value is -3.82. The van der Waals surface area contributed by atoms with Gasteiger partial charge in [0.2, 0.25) is 0 Å². The van der Waals surface area contributed by atoms with E-state index in [0.29, 0.717) is 29.7 Å². The molecule has 0 fully saturated rings. The molecule has 0 saturated carbocycles. The first-order valence-electron chi connectivity index (χ1n) is 12.3. The van der Waals surface area contributed by atoms with Crippen LogP contribution in [0.25, 0.3) is 10.6 Å². The van der Waals surface area contributed by atoms with Crippen LogP contribution in [0.5, 0.6) is 5.75 Å². The van der Waals surface area contributed by atoms with Crippen molar-refractivity contribution in [3.8, 4) is 16.3 Å². The van der Waals surface area contributed by atoms with Crippen LogP contribution in [-0.2, 0) is 12.0 Å². The molecule has 4 aromatic rings. The molecule has 190 valence electrons. The third-order valence-corrected chi connectivity index (χ3v) is 7.50. The molecular formula is C28H28N4O4S. The van der Waals surface area contributed by atoms with E-state index < -0.39 is 11.6 Å². The SMILES string of the molecule is CCCOc1ccnc(Nc2cc(C)cc(-c3cnc([C@]4(O)CCCc5cc(C(=O)O)ccc54)s3)n2)c1. The van der Waals surface area contributed by atoms with Gasteiger partial charge in [0.15, 0.2) is 0 Å². The topological polar surface area (TPSA) is 117 Å². The Morgan fingerprint density at radius 2 is 2.03 bits per heavy atom. The molecule has 0 unspecified atom stereocenters. The summed E-state index contributed by atoms with van der Waals surface area (Å²) in [5, 5.41) is 24.9. The van der Waals surface area contributed by atoms with Crippen LogP contribution in [-0.4, -0.2) is 37.7 Å². The highest BCUT2D eigenvalue weighted by molar-refractivity contribution is 7.15. The zero-order valence-electron chi connectivity index (χ0n) is 20.7. The molecule has 8 nitrogen and oxygen atoms in total. The maximum Gasteiger partial charge on any atom is 0.335 e. The second kappa shape index (κ2) is 10.3. The number of nitrogens with zero attached hydrogens (tertiary/aromatic N) is 3. The Morgan fingerprint density at radius 1 is 1.16 bits per heavy atom. The Bertz CT molecular complexity index is 1450. The first kappa shape index (κ1) is 24.9. The average Bonchev–Trinajstić information content (AvgIpc) is 3.39. The van der Waals surface area contributed by atoms with Crippen LogP contribution in [0.4, 0.5) is 11.6 Å². The molecule has 1 aliphatic rings. The van der Waals surface area contributed by atoms with Crippen molar-refractivity contribution in [2.45, 2.75) is 45.1 Å².